The second-order valence-electron chi connectivity index (χ2n) is 13.6. The summed E-state index contributed by atoms with van der Waals surface area (Å²) in [5, 5.41) is 9.92. The Morgan fingerprint density at radius 2 is 1.77 bits per heavy atom. The second kappa shape index (κ2) is 16.1. The zero-order valence-corrected chi connectivity index (χ0v) is 32.4. The number of carbonyl (C=O) groups excluding carboxylic acids is 1. The molecule has 14 heteroatoms. The maximum absolute atomic E-state index is 15.5. The third-order valence-corrected chi connectivity index (χ3v) is 11.6. The first kappa shape index (κ1) is 39.4. The normalized spacial score (nSPS) is 13.7. The van der Waals surface area contributed by atoms with Gasteiger partial charge in [-0.05, 0) is 94.9 Å². The maximum atomic E-state index is 15.5. The first-order valence-electron chi connectivity index (χ1n) is 16.5. The van der Waals surface area contributed by atoms with E-state index < -0.39 is 61.8 Å². The van der Waals surface area contributed by atoms with E-state index in [9.17, 15) is 23.3 Å². The minimum Gasteiger partial charge on any atom is -0.492 e. The molecule has 1 heterocycles. The summed E-state index contributed by atoms with van der Waals surface area (Å²) in [5.74, 6) is -5.53. The second-order valence-corrected chi connectivity index (χ2v) is 16.2. The highest BCUT2D eigenvalue weighted by atomic mass is 79.9. The summed E-state index contributed by atoms with van der Waals surface area (Å²) in [6.07, 6.45) is 4.90. The van der Waals surface area contributed by atoms with Gasteiger partial charge in [0.1, 0.15) is 27.4 Å². The summed E-state index contributed by atoms with van der Waals surface area (Å²) in [6.45, 7) is 8.19. The molecule has 1 aliphatic carbocycles. The molecule has 0 bridgehead atoms. The minimum absolute atomic E-state index is 0.00503. The third kappa shape index (κ3) is 8.70. The van der Waals surface area contributed by atoms with Crippen LogP contribution in [0.25, 0.3) is 0 Å². The molecule has 276 valence electrons. The Morgan fingerprint density at radius 1 is 1.06 bits per heavy atom. The van der Waals surface area contributed by atoms with Crippen LogP contribution in [0.1, 0.15) is 84.6 Å². The molecular formula is C38H38BrClF3N3O5S. The van der Waals surface area contributed by atoms with Gasteiger partial charge in [-0.25, -0.2) is 26.5 Å². The van der Waals surface area contributed by atoms with Crippen molar-refractivity contribution in [3.05, 3.63) is 115 Å². The van der Waals surface area contributed by atoms with Crippen LogP contribution in [0.2, 0.25) is 5.02 Å². The molecule has 5 rings (SSSR count). The standard InChI is InChI=1S/C38H38BrClF3N3O5S/c1-6-51-30-16-24(37(48)49)9-10-29(30)46(18-22-13-25(23-7-8-23)15-27(14-22)38(3,4)5)31(47)20-45(19-26-17-44-12-11-28(26)40)52(50)36-32(39)33(41)21(2)34(42)35(36)43/h9-17,23H,6-8,18-20H2,1-5H3,(H,48,49). The highest BCUT2D eigenvalue weighted by Crippen LogP contribution is 2.42. The van der Waals surface area contributed by atoms with Gasteiger partial charge >= 0.3 is 5.97 Å². The number of nitrogens with zero attached hydrogens (tertiary/aromatic N) is 3. The van der Waals surface area contributed by atoms with Crippen molar-refractivity contribution in [2.45, 2.75) is 76.8 Å². The fourth-order valence-corrected chi connectivity index (χ4v) is 7.94. The average Bonchev–Trinajstić information content (AvgIpc) is 3.95. The highest BCUT2D eigenvalue weighted by Gasteiger charge is 2.33. The number of aromatic nitrogens is 1. The van der Waals surface area contributed by atoms with Gasteiger partial charge in [0.05, 0.1) is 35.4 Å². The average molecular weight is 821 g/mol. The smallest absolute Gasteiger partial charge is 0.335 e. The van der Waals surface area contributed by atoms with Crippen LogP contribution in [-0.4, -0.2) is 43.6 Å². The van der Waals surface area contributed by atoms with Crippen molar-refractivity contribution in [2.24, 2.45) is 0 Å². The van der Waals surface area contributed by atoms with Crippen molar-refractivity contribution < 1.29 is 36.8 Å². The van der Waals surface area contributed by atoms with Crippen LogP contribution in [0.3, 0.4) is 0 Å². The van der Waals surface area contributed by atoms with E-state index in [1.165, 1.54) is 41.6 Å². The number of carboxylic acid groups (broad SMARTS) is 1. The van der Waals surface area contributed by atoms with Crippen molar-refractivity contribution in [1.82, 2.24) is 9.29 Å². The molecule has 0 radical (unpaired) electrons. The number of hydrogen-bond donors (Lipinski definition) is 1. The summed E-state index contributed by atoms with van der Waals surface area (Å²) in [5.41, 5.74) is 2.63. The number of hydrogen-bond acceptors (Lipinski definition) is 5. The van der Waals surface area contributed by atoms with E-state index >= 15 is 8.78 Å². The Kier molecular flexibility index (Phi) is 12.2. The molecule has 1 saturated carbocycles. The Hall–Kier alpha value is -3.78. The Labute approximate surface area is 316 Å². The summed E-state index contributed by atoms with van der Waals surface area (Å²) in [4.78, 5) is 31.2. The number of ether oxygens (including phenoxy) is 1. The van der Waals surface area contributed by atoms with Crippen LogP contribution in [0.15, 0.2) is 64.2 Å². The van der Waals surface area contributed by atoms with Gasteiger partial charge in [0, 0.05) is 35.1 Å². The number of rotatable bonds is 13. The Bertz CT molecular complexity index is 2030. The van der Waals surface area contributed by atoms with Crippen LogP contribution in [0.5, 0.6) is 5.75 Å². The summed E-state index contributed by atoms with van der Waals surface area (Å²) >= 11 is 9.37. The minimum atomic E-state index is -2.67. The fourth-order valence-electron chi connectivity index (χ4n) is 5.66. The summed E-state index contributed by atoms with van der Waals surface area (Å²) in [6, 6.07) is 11.8. The van der Waals surface area contributed by atoms with E-state index in [0.29, 0.717) is 11.5 Å². The largest absolute Gasteiger partial charge is 0.492 e. The number of carboxylic acids is 1. The Morgan fingerprint density at radius 3 is 2.38 bits per heavy atom. The number of benzene rings is 3. The molecule has 1 atom stereocenters. The van der Waals surface area contributed by atoms with E-state index in [1.807, 2.05) is 12.1 Å². The molecular weight excluding hydrogens is 783 g/mol. The molecule has 1 N–H and O–H groups in total. The molecule has 4 aromatic rings. The van der Waals surface area contributed by atoms with Crippen LogP contribution in [0, 0.1) is 24.4 Å². The highest BCUT2D eigenvalue weighted by molar-refractivity contribution is 9.10. The van der Waals surface area contributed by atoms with Gasteiger partial charge in [-0.1, -0.05) is 50.6 Å². The van der Waals surface area contributed by atoms with Crippen molar-refractivity contribution >= 4 is 56.1 Å². The zero-order chi connectivity index (χ0) is 38.1. The molecule has 1 fully saturated rings. The first-order chi connectivity index (χ1) is 24.5. The molecule has 52 heavy (non-hydrogen) atoms. The summed E-state index contributed by atoms with van der Waals surface area (Å²) in [7, 11) is -2.67. The molecule has 8 nitrogen and oxygen atoms in total. The van der Waals surface area contributed by atoms with Crippen LogP contribution in [0.4, 0.5) is 18.9 Å². The van der Waals surface area contributed by atoms with Crippen molar-refractivity contribution in [1.29, 1.82) is 0 Å². The van der Waals surface area contributed by atoms with Gasteiger partial charge in [0.25, 0.3) is 0 Å². The van der Waals surface area contributed by atoms with Crippen LogP contribution >= 0.6 is 27.5 Å². The molecule has 3 aromatic carbocycles. The number of aromatic carboxylic acids is 1. The number of amides is 1. The number of carbonyl (C=O) groups is 2. The topological polar surface area (TPSA) is 100 Å². The molecule has 0 saturated heterocycles. The van der Waals surface area contributed by atoms with E-state index in [-0.39, 0.29) is 47.1 Å². The molecule has 0 aliphatic heterocycles. The lowest BCUT2D eigenvalue weighted by molar-refractivity contribution is -0.119. The van der Waals surface area contributed by atoms with Crippen LogP contribution in [-0.2, 0) is 34.3 Å². The van der Waals surface area contributed by atoms with Crippen molar-refractivity contribution in [3.63, 3.8) is 0 Å². The van der Waals surface area contributed by atoms with E-state index in [4.69, 9.17) is 16.3 Å². The quantitative estimate of drug-likeness (QED) is 0.135. The van der Waals surface area contributed by atoms with Gasteiger partial charge < -0.3 is 14.7 Å². The zero-order valence-electron chi connectivity index (χ0n) is 29.2. The maximum Gasteiger partial charge on any atom is 0.335 e. The number of halogens is 5. The SMILES string of the molecule is CCOc1cc(C(=O)O)ccc1N(Cc1cc(C2CC2)cc(C(C)(C)C)c1)C(=O)CN(Cc1cnccc1Cl)S(=O)c1c(F)c(F)c(C)c(F)c1Br. The molecule has 1 unspecified atom stereocenters. The van der Waals surface area contributed by atoms with Gasteiger partial charge in [-0.15, -0.1) is 0 Å². The lowest BCUT2D eigenvalue weighted by Gasteiger charge is -2.30. The molecule has 1 amide bonds. The summed E-state index contributed by atoms with van der Waals surface area (Å²) < 4.78 is 66.0. The molecule has 1 aromatic heterocycles. The Balaban J connectivity index is 1.64. The van der Waals surface area contributed by atoms with Crippen molar-refractivity contribution in [2.75, 3.05) is 18.1 Å². The number of anilines is 1. The van der Waals surface area contributed by atoms with Gasteiger partial charge in [0.2, 0.25) is 5.91 Å². The first-order valence-corrected chi connectivity index (χ1v) is 18.8. The molecule has 1 aliphatic rings. The van der Waals surface area contributed by atoms with Crippen molar-refractivity contribution in [3.8, 4) is 5.75 Å². The monoisotopic (exact) mass is 819 g/mol. The van der Waals surface area contributed by atoms with E-state index in [1.54, 1.807) is 6.92 Å². The fraction of sp³-hybridized carbons (Fsp3) is 0.342. The third-order valence-electron chi connectivity index (χ3n) is 8.72. The van der Waals surface area contributed by atoms with Gasteiger partial charge in [-0.3, -0.25) is 9.78 Å². The lowest BCUT2D eigenvalue weighted by Crippen LogP contribution is -2.41. The molecule has 0 spiro atoms. The van der Waals surface area contributed by atoms with Crippen LogP contribution < -0.4 is 9.64 Å². The predicted molar refractivity (Wildman–Crippen MR) is 198 cm³/mol. The predicted octanol–water partition coefficient (Wildman–Crippen LogP) is 9.25. The van der Waals surface area contributed by atoms with Gasteiger partial charge in [0.15, 0.2) is 11.6 Å². The lowest BCUT2D eigenvalue weighted by atomic mass is 9.84. The number of pyridine rings is 1. The van der Waals surface area contributed by atoms with E-state index in [0.717, 1.165) is 40.8 Å². The van der Waals surface area contributed by atoms with Gasteiger partial charge in [-0.2, -0.15) is 0 Å². The van der Waals surface area contributed by atoms with E-state index in [2.05, 4.69) is 47.8 Å².